The Labute approximate surface area is 234 Å². The molecule has 0 unspecified atom stereocenters. The van der Waals surface area contributed by atoms with Crippen LogP contribution in [0, 0.1) is 29.6 Å². The van der Waals surface area contributed by atoms with Crippen molar-refractivity contribution in [3.8, 4) is 5.95 Å². The molecular weight excluding hydrogens is 512 g/mol. The molecule has 2 aliphatic rings. The quantitative estimate of drug-likeness (QED) is 0.190. The number of allylic oxidation sites excluding steroid dienone is 1. The Hall–Kier alpha value is -2.19. The number of Topliss-reactive ketones (excluding diaryl/α,β-unsaturated/α-hetero) is 1. The number of hydrogen-bond donors (Lipinski definition) is 0. The van der Waals surface area contributed by atoms with E-state index in [4.69, 9.17) is 18.3 Å². The van der Waals surface area contributed by atoms with E-state index in [1.807, 2.05) is 0 Å². The summed E-state index contributed by atoms with van der Waals surface area (Å²) in [6.45, 7) is 21.2. The molecule has 2 aliphatic carbocycles. The predicted octanol–water partition coefficient (Wildman–Crippen LogP) is 6.65. The Morgan fingerprint density at radius 3 is 2.36 bits per heavy atom. The van der Waals surface area contributed by atoms with E-state index in [-0.39, 0.29) is 40.1 Å². The van der Waals surface area contributed by atoms with Gasteiger partial charge in [-0.15, -0.1) is 0 Å². The van der Waals surface area contributed by atoms with Crippen LogP contribution in [0.3, 0.4) is 0 Å². The summed E-state index contributed by atoms with van der Waals surface area (Å²) in [6, 6.07) is 0. The average Bonchev–Trinajstić information content (AvgIpc) is 2.82. The van der Waals surface area contributed by atoms with E-state index < -0.39 is 25.1 Å². The zero-order valence-corrected chi connectivity index (χ0v) is 26.7. The zero-order chi connectivity index (χ0) is 29.6. The number of esters is 1. The molecule has 0 spiro atoms. The van der Waals surface area contributed by atoms with Crippen molar-refractivity contribution in [2.45, 2.75) is 105 Å². The van der Waals surface area contributed by atoms with Gasteiger partial charge in [-0.1, -0.05) is 26.0 Å². The number of carbonyl (C=O) groups excluding carboxylic acids is 2. The predicted molar refractivity (Wildman–Crippen MR) is 155 cm³/mol. The third-order valence-electron chi connectivity index (χ3n) is 9.29. The molecule has 0 aromatic carbocycles. The Morgan fingerprint density at radius 2 is 1.79 bits per heavy atom. The molecule has 2 saturated carbocycles. The van der Waals surface area contributed by atoms with Gasteiger partial charge in [0.15, 0.2) is 8.32 Å². The lowest BCUT2D eigenvalue weighted by molar-refractivity contribution is -0.148. The van der Waals surface area contributed by atoms with Crippen LogP contribution < -0.4 is 10.2 Å². The summed E-state index contributed by atoms with van der Waals surface area (Å²) < 4.78 is 22.6. The number of carbonyl (C=O) groups is 2. The van der Waals surface area contributed by atoms with Gasteiger partial charge in [0.25, 0.3) is 5.95 Å². The molecule has 4 atom stereocenters. The number of ether oxygens (including phenoxy) is 2. The number of hydrogen-bond acceptors (Lipinski definition) is 7. The van der Waals surface area contributed by atoms with Crippen LogP contribution in [0.5, 0.6) is 5.95 Å². The van der Waals surface area contributed by atoms with Gasteiger partial charge >= 0.3 is 5.97 Å². The van der Waals surface area contributed by atoms with Gasteiger partial charge in [-0.2, -0.15) is 0 Å². The van der Waals surface area contributed by atoms with Crippen LogP contribution in [0.1, 0.15) is 87.9 Å². The molecule has 0 radical (unpaired) electrons. The highest BCUT2D eigenvalue weighted by atomic mass is 28.4. The minimum absolute atomic E-state index is 0.0695. The first kappa shape index (κ1) is 31.3. The normalized spacial score (nSPS) is 27.7. The number of ketones is 1. The molecule has 7 nitrogen and oxygen atoms in total. The van der Waals surface area contributed by atoms with Gasteiger partial charge < -0.3 is 18.3 Å². The molecule has 39 heavy (non-hydrogen) atoms. The molecule has 8 heteroatoms. The van der Waals surface area contributed by atoms with E-state index in [0.29, 0.717) is 24.2 Å². The van der Waals surface area contributed by atoms with Gasteiger partial charge in [0.2, 0.25) is 5.43 Å². The SMILES string of the molecule is C=C1CC[C@H]2[C@@](C)(CCC(=O)[C@]2(C)CCC(C)(C)O[Si](C)(C)C)[C@H]1Cc1c(OC)oc(C)c(C(=O)OC)c1=O. The lowest BCUT2D eigenvalue weighted by Crippen LogP contribution is -2.55. The zero-order valence-electron chi connectivity index (χ0n) is 25.7. The van der Waals surface area contributed by atoms with Crippen molar-refractivity contribution in [1.29, 1.82) is 0 Å². The monoisotopic (exact) mass is 560 g/mol. The Balaban J connectivity index is 2.01. The highest BCUT2D eigenvalue weighted by Gasteiger charge is 2.58. The third kappa shape index (κ3) is 6.12. The van der Waals surface area contributed by atoms with Crippen molar-refractivity contribution in [1.82, 2.24) is 0 Å². The smallest absolute Gasteiger partial charge is 0.345 e. The van der Waals surface area contributed by atoms with Crippen molar-refractivity contribution in [2.24, 2.45) is 22.7 Å². The first-order chi connectivity index (χ1) is 17.9. The Morgan fingerprint density at radius 1 is 1.15 bits per heavy atom. The molecule has 3 rings (SSSR count). The minimum Gasteiger partial charge on any atom is -0.468 e. The maximum atomic E-state index is 13.6. The van der Waals surface area contributed by atoms with Crippen LogP contribution in [-0.4, -0.2) is 39.9 Å². The molecule has 2 fully saturated rings. The van der Waals surface area contributed by atoms with Crippen molar-refractivity contribution >= 4 is 20.1 Å². The fourth-order valence-electron chi connectivity index (χ4n) is 7.47. The highest BCUT2D eigenvalue weighted by molar-refractivity contribution is 6.69. The third-order valence-corrected chi connectivity index (χ3v) is 10.5. The maximum absolute atomic E-state index is 13.6. The summed E-state index contributed by atoms with van der Waals surface area (Å²) in [4.78, 5) is 39.6. The molecule has 1 aromatic rings. The number of methoxy groups -OCH3 is 2. The fourth-order valence-corrected chi connectivity index (χ4v) is 9.23. The summed E-state index contributed by atoms with van der Waals surface area (Å²) in [7, 11) is 0.956. The number of fused-ring (bicyclic) bond motifs is 1. The molecule has 0 N–H and O–H groups in total. The van der Waals surface area contributed by atoms with Gasteiger partial charge in [-0.05, 0) is 96.2 Å². The summed E-state index contributed by atoms with van der Waals surface area (Å²) in [6.07, 6.45) is 4.78. The van der Waals surface area contributed by atoms with Crippen molar-refractivity contribution in [2.75, 3.05) is 14.2 Å². The first-order valence-corrected chi connectivity index (χ1v) is 17.5. The van der Waals surface area contributed by atoms with Crippen molar-refractivity contribution < 1.29 is 27.9 Å². The van der Waals surface area contributed by atoms with E-state index in [1.54, 1.807) is 6.92 Å². The van der Waals surface area contributed by atoms with Gasteiger partial charge in [0.1, 0.15) is 17.1 Å². The first-order valence-electron chi connectivity index (χ1n) is 14.1. The largest absolute Gasteiger partial charge is 0.468 e. The second-order valence-corrected chi connectivity index (χ2v) is 18.1. The molecule has 1 heterocycles. The maximum Gasteiger partial charge on any atom is 0.345 e. The lowest BCUT2D eigenvalue weighted by Gasteiger charge is -2.58. The van der Waals surface area contributed by atoms with E-state index in [2.05, 4.69) is 53.9 Å². The summed E-state index contributed by atoms with van der Waals surface area (Å²) >= 11 is 0. The fraction of sp³-hybridized carbons (Fsp3) is 0.710. The summed E-state index contributed by atoms with van der Waals surface area (Å²) in [5.74, 6) is -0.0642. The average molecular weight is 561 g/mol. The van der Waals surface area contributed by atoms with Gasteiger partial charge in [0, 0.05) is 11.8 Å². The van der Waals surface area contributed by atoms with Crippen molar-refractivity contribution in [3.63, 3.8) is 0 Å². The summed E-state index contributed by atoms with van der Waals surface area (Å²) in [5, 5.41) is 0. The molecule has 0 aliphatic heterocycles. The van der Waals surface area contributed by atoms with Gasteiger partial charge in [-0.25, -0.2) is 4.79 Å². The van der Waals surface area contributed by atoms with Crippen LogP contribution in [0.15, 0.2) is 21.4 Å². The molecule has 1 aromatic heterocycles. The van der Waals surface area contributed by atoms with E-state index >= 15 is 0 Å². The highest BCUT2D eigenvalue weighted by Crippen LogP contribution is 2.62. The summed E-state index contributed by atoms with van der Waals surface area (Å²) in [5.41, 5.74) is -0.210. The van der Waals surface area contributed by atoms with E-state index in [1.165, 1.54) is 14.2 Å². The molecule has 0 bridgehead atoms. The molecule has 0 saturated heterocycles. The molecule has 218 valence electrons. The van der Waals surface area contributed by atoms with Crippen LogP contribution >= 0.6 is 0 Å². The molecular formula is C31H48O7Si. The number of aryl methyl sites for hydroxylation is 1. The van der Waals surface area contributed by atoms with Gasteiger partial charge in [0.05, 0.1) is 25.4 Å². The van der Waals surface area contributed by atoms with Gasteiger partial charge in [-0.3, -0.25) is 9.59 Å². The second kappa shape index (κ2) is 11.0. The molecule has 0 amide bonds. The topological polar surface area (TPSA) is 92.0 Å². The minimum atomic E-state index is -1.75. The van der Waals surface area contributed by atoms with Crippen LogP contribution in [0.2, 0.25) is 19.6 Å². The Kier molecular flexibility index (Phi) is 8.84. The van der Waals surface area contributed by atoms with Crippen LogP contribution in [0.4, 0.5) is 0 Å². The van der Waals surface area contributed by atoms with E-state index in [9.17, 15) is 14.4 Å². The van der Waals surface area contributed by atoms with Crippen LogP contribution in [0.25, 0.3) is 0 Å². The lowest BCUT2D eigenvalue weighted by atomic mass is 9.45. The number of rotatable bonds is 9. The standard InChI is InChI=1S/C31H48O7Si/c1-19-12-13-23-30(5,15-14-24(32)31(23,6)17-16-29(3,4)38-39(9,10)11)22(19)18-21-26(33)25(27(34)35-7)20(2)37-28(21)36-8/h22-23H,1,12-18H2,2-11H3/t22-,23-,30-,31+/m0/s1. The van der Waals surface area contributed by atoms with Crippen LogP contribution in [-0.2, 0) is 20.4 Å². The van der Waals surface area contributed by atoms with E-state index in [0.717, 1.165) is 37.7 Å². The van der Waals surface area contributed by atoms with Crippen molar-refractivity contribution in [3.05, 3.63) is 39.3 Å². The Bertz CT molecular complexity index is 1190. The second-order valence-electron chi connectivity index (χ2n) is 13.7.